The van der Waals surface area contributed by atoms with E-state index < -0.39 is 0 Å². The number of nitrogen functional groups attached to an aromatic ring is 1. The lowest BCUT2D eigenvalue weighted by Crippen LogP contribution is -2.35. The van der Waals surface area contributed by atoms with Gasteiger partial charge in [-0.2, -0.15) is 0 Å². The Balaban J connectivity index is 1.39. The van der Waals surface area contributed by atoms with Gasteiger partial charge >= 0.3 is 0 Å². The number of aromatic nitrogens is 3. The van der Waals surface area contributed by atoms with Crippen molar-refractivity contribution in [2.45, 2.75) is 25.4 Å². The zero-order valence-corrected chi connectivity index (χ0v) is 19.5. The van der Waals surface area contributed by atoms with E-state index in [1.165, 1.54) is 0 Å². The van der Waals surface area contributed by atoms with Crippen LogP contribution in [0.25, 0.3) is 16.8 Å². The molecule has 1 aliphatic rings. The normalized spacial score (nSPS) is 17.7. The fourth-order valence-corrected chi connectivity index (χ4v) is 4.85. The summed E-state index contributed by atoms with van der Waals surface area (Å²) >= 11 is 0. The predicted molar refractivity (Wildman–Crippen MR) is 134 cm³/mol. The molecule has 0 bridgehead atoms. The fourth-order valence-electron chi connectivity index (χ4n) is 4.85. The van der Waals surface area contributed by atoms with Crippen LogP contribution in [-0.2, 0) is 6.61 Å². The van der Waals surface area contributed by atoms with E-state index in [0.29, 0.717) is 30.8 Å². The SMILES string of the molecule is CN(CCO)CC1CC(c2nc(-c3cccc(OCc4ccccc4)c3)c3c(N)nccn23)C1. The zero-order chi connectivity index (χ0) is 23.5. The second kappa shape index (κ2) is 9.83. The Labute approximate surface area is 199 Å². The molecule has 34 heavy (non-hydrogen) atoms. The molecule has 0 saturated heterocycles. The number of aliphatic hydroxyl groups excluding tert-OH is 1. The van der Waals surface area contributed by atoms with Crippen LogP contribution in [0, 0.1) is 5.92 Å². The molecule has 1 fully saturated rings. The van der Waals surface area contributed by atoms with E-state index in [2.05, 4.69) is 33.5 Å². The molecule has 2 heterocycles. The lowest BCUT2D eigenvalue weighted by Gasteiger charge is -2.36. The van der Waals surface area contributed by atoms with Gasteiger partial charge in [-0.1, -0.05) is 42.5 Å². The quantitative estimate of drug-likeness (QED) is 0.395. The van der Waals surface area contributed by atoms with E-state index in [0.717, 1.165) is 53.3 Å². The number of anilines is 1. The van der Waals surface area contributed by atoms with Gasteiger partial charge in [-0.15, -0.1) is 0 Å². The standard InChI is InChI=1S/C27H31N5O2/c1-31(12-13-33)17-20-14-22(15-20)27-30-24(25-26(28)29-10-11-32(25)27)21-8-5-9-23(16-21)34-18-19-6-3-2-4-7-19/h2-11,16,20,22,33H,12-15,17-18H2,1H3,(H2,28,29). The van der Waals surface area contributed by atoms with E-state index in [1.54, 1.807) is 6.20 Å². The van der Waals surface area contributed by atoms with Crippen LogP contribution in [0.3, 0.4) is 0 Å². The van der Waals surface area contributed by atoms with Crippen LogP contribution in [0.1, 0.15) is 30.1 Å². The van der Waals surface area contributed by atoms with Gasteiger partial charge in [-0.05, 0) is 43.5 Å². The molecule has 176 valence electrons. The first-order valence-corrected chi connectivity index (χ1v) is 11.8. The minimum Gasteiger partial charge on any atom is -0.489 e. The number of rotatable bonds is 9. The van der Waals surface area contributed by atoms with Crippen molar-refractivity contribution in [2.24, 2.45) is 5.92 Å². The van der Waals surface area contributed by atoms with Crippen LogP contribution >= 0.6 is 0 Å². The van der Waals surface area contributed by atoms with Crippen molar-refractivity contribution >= 4 is 11.3 Å². The van der Waals surface area contributed by atoms with Crippen LogP contribution in [-0.4, -0.2) is 51.1 Å². The van der Waals surface area contributed by atoms with E-state index in [4.69, 9.17) is 20.6 Å². The first kappa shape index (κ1) is 22.4. The van der Waals surface area contributed by atoms with Gasteiger partial charge in [0.25, 0.3) is 0 Å². The maximum atomic E-state index is 9.16. The van der Waals surface area contributed by atoms with Gasteiger partial charge in [-0.25, -0.2) is 9.97 Å². The van der Waals surface area contributed by atoms with Gasteiger partial charge in [0.1, 0.15) is 35.2 Å². The minimum atomic E-state index is 0.196. The van der Waals surface area contributed by atoms with E-state index in [9.17, 15) is 0 Å². The second-order valence-corrected chi connectivity index (χ2v) is 9.17. The number of likely N-dealkylation sites (N-methyl/N-ethyl adjacent to an activating group) is 1. The van der Waals surface area contributed by atoms with Gasteiger partial charge in [0, 0.05) is 37.0 Å². The van der Waals surface area contributed by atoms with Crippen molar-refractivity contribution in [3.63, 3.8) is 0 Å². The maximum absolute atomic E-state index is 9.16. The van der Waals surface area contributed by atoms with Gasteiger partial charge in [0.2, 0.25) is 0 Å². The van der Waals surface area contributed by atoms with Crippen molar-refractivity contribution in [1.82, 2.24) is 19.3 Å². The highest BCUT2D eigenvalue weighted by molar-refractivity contribution is 5.85. The first-order valence-electron chi connectivity index (χ1n) is 11.8. The Morgan fingerprint density at radius 3 is 2.76 bits per heavy atom. The molecular weight excluding hydrogens is 426 g/mol. The minimum absolute atomic E-state index is 0.196. The molecule has 1 saturated carbocycles. The highest BCUT2D eigenvalue weighted by Crippen LogP contribution is 2.43. The number of fused-ring (bicyclic) bond motifs is 1. The summed E-state index contributed by atoms with van der Waals surface area (Å²) in [7, 11) is 2.06. The Morgan fingerprint density at radius 1 is 1.15 bits per heavy atom. The summed E-state index contributed by atoms with van der Waals surface area (Å²) in [5, 5.41) is 9.16. The first-order chi connectivity index (χ1) is 16.6. The van der Waals surface area contributed by atoms with E-state index in [1.807, 2.05) is 48.7 Å². The van der Waals surface area contributed by atoms with Crippen molar-refractivity contribution < 1.29 is 9.84 Å². The summed E-state index contributed by atoms with van der Waals surface area (Å²) < 4.78 is 8.15. The van der Waals surface area contributed by atoms with Crippen LogP contribution in [0.5, 0.6) is 5.75 Å². The molecule has 0 amide bonds. The highest BCUT2D eigenvalue weighted by Gasteiger charge is 2.34. The molecule has 2 aromatic carbocycles. The number of aliphatic hydroxyl groups is 1. The summed E-state index contributed by atoms with van der Waals surface area (Å²) in [5.74, 6) is 3.31. The van der Waals surface area contributed by atoms with Crippen LogP contribution in [0.2, 0.25) is 0 Å². The van der Waals surface area contributed by atoms with Gasteiger partial charge in [0.15, 0.2) is 0 Å². The molecule has 0 unspecified atom stereocenters. The Morgan fingerprint density at radius 2 is 1.97 bits per heavy atom. The average Bonchev–Trinajstić information content (AvgIpc) is 3.21. The number of imidazole rings is 1. The molecule has 0 spiro atoms. The van der Waals surface area contributed by atoms with E-state index in [-0.39, 0.29) is 6.61 Å². The molecule has 2 aromatic heterocycles. The molecule has 1 aliphatic carbocycles. The van der Waals surface area contributed by atoms with Crippen molar-refractivity contribution in [1.29, 1.82) is 0 Å². The lowest BCUT2D eigenvalue weighted by atomic mass is 9.74. The third-order valence-electron chi connectivity index (χ3n) is 6.62. The molecule has 3 N–H and O–H groups in total. The Kier molecular flexibility index (Phi) is 6.47. The summed E-state index contributed by atoms with van der Waals surface area (Å²) in [6.45, 7) is 2.42. The van der Waals surface area contributed by atoms with Gasteiger partial charge in [-0.3, -0.25) is 4.40 Å². The lowest BCUT2D eigenvalue weighted by molar-refractivity contribution is 0.152. The number of hydrogen-bond acceptors (Lipinski definition) is 6. The zero-order valence-electron chi connectivity index (χ0n) is 19.5. The Hall–Kier alpha value is -3.42. The molecule has 4 aromatic rings. The fraction of sp³-hybridized carbons (Fsp3) is 0.333. The molecule has 7 heteroatoms. The highest BCUT2D eigenvalue weighted by atomic mass is 16.5. The molecule has 0 radical (unpaired) electrons. The van der Waals surface area contributed by atoms with Gasteiger partial charge < -0.3 is 20.5 Å². The number of ether oxygens (including phenoxy) is 1. The smallest absolute Gasteiger partial charge is 0.150 e. The van der Waals surface area contributed by atoms with E-state index >= 15 is 0 Å². The molecule has 0 aliphatic heterocycles. The monoisotopic (exact) mass is 457 g/mol. The topological polar surface area (TPSA) is 88.9 Å². The molecular formula is C27H31N5O2. The maximum Gasteiger partial charge on any atom is 0.150 e. The third kappa shape index (κ3) is 4.62. The number of nitrogens with zero attached hydrogens (tertiary/aromatic N) is 4. The predicted octanol–water partition coefficient (Wildman–Crippen LogP) is 3.98. The number of benzene rings is 2. The average molecular weight is 458 g/mol. The summed E-state index contributed by atoms with van der Waals surface area (Å²) in [4.78, 5) is 11.6. The summed E-state index contributed by atoms with van der Waals surface area (Å²) in [6, 6.07) is 18.2. The van der Waals surface area contributed by atoms with Crippen molar-refractivity contribution in [3.8, 4) is 17.0 Å². The number of nitrogens with two attached hydrogens (primary N) is 1. The van der Waals surface area contributed by atoms with Crippen molar-refractivity contribution in [2.75, 3.05) is 32.5 Å². The largest absolute Gasteiger partial charge is 0.489 e. The van der Waals surface area contributed by atoms with Crippen LogP contribution in [0.4, 0.5) is 5.82 Å². The molecule has 7 nitrogen and oxygen atoms in total. The summed E-state index contributed by atoms with van der Waals surface area (Å²) in [5.41, 5.74) is 10.1. The Bertz CT molecular complexity index is 1250. The molecule has 0 atom stereocenters. The van der Waals surface area contributed by atoms with Crippen LogP contribution in [0.15, 0.2) is 67.0 Å². The third-order valence-corrected chi connectivity index (χ3v) is 6.62. The molecule has 5 rings (SSSR count). The van der Waals surface area contributed by atoms with Crippen LogP contribution < -0.4 is 10.5 Å². The van der Waals surface area contributed by atoms with Crippen molar-refractivity contribution in [3.05, 3.63) is 78.4 Å². The summed E-state index contributed by atoms with van der Waals surface area (Å²) in [6.07, 6.45) is 5.86. The second-order valence-electron chi connectivity index (χ2n) is 9.17. The van der Waals surface area contributed by atoms with Gasteiger partial charge in [0.05, 0.1) is 6.61 Å². The number of hydrogen-bond donors (Lipinski definition) is 2.